The second kappa shape index (κ2) is 15.7. The summed E-state index contributed by atoms with van der Waals surface area (Å²) in [7, 11) is -2.31. The van der Waals surface area contributed by atoms with E-state index >= 15 is 0 Å². The lowest BCUT2D eigenvalue weighted by Gasteiger charge is -2.36. The zero-order valence-corrected chi connectivity index (χ0v) is 37.5. The van der Waals surface area contributed by atoms with Crippen LogP contribution in [0.25, 0.3) is 10.8 Å². The zero-order valence-electron chi connectivity index (χ0n) is 32.4. The van der Waals surface area contributed by atoms with Crippen LogP contribution in [0.1, 0.15) is 77.6 Å². The zero-order chi connectivity index (χ0) is 41.0. The second-order valence-corrected chi connectivity index (χ2v) is 21.5. The van der Waals surface area contributed by atoms with Crippen molar-refractivity contribution in [1.29, 1.82) is 0 Å². The Morgan fingerprint density at radius 1 is 1.02 bits per heavy atom. The highest BCUT2D eigenvalue weighted by Gasteiger charge is 2.62. The molecule has 14 nitrogen and oxygen atoms in total. The van der Waals surface area contributed by atoms with E-state index in [0.717, 1.165) is 8.96 Å². The molecule has 2 saturated carbocycles. The first-order chi connectivity index (χ1) is 26.1. The molecule has 0 unspecified atom stereocenters. The smallest absolute Gasteiger partial charge is 0.260 e. The van der Waals surface area contributed by atoms with E-state index in [-0.39, 0.29) is 29.2 Å². The standard InChI is InChI=1S/C39H48I2N6O8S/c1-37(2,3)31(43-23-10-8-9-21(15-23)32(48)44-38(4,5)6)35(50)47-20-24(55-34-27-16-22(40)11-14-26(27)29(54-7)19-42-34)17-28(47)33(49)45-39(18-30(39)41)36(51)46-56(52,53)25-12-13-25/h8-11,14-16,19,24-25,28,30-31,43H,12-13,17-18,20H2,1-7H3,(H,44,48)(H,45,49)(H,46,51)/t24-,28+,30-,31+,39-/m1/s1. The maximum Gasteiger partial charge on any atom is 0.260 e. The van der Waals surface area contributed by atoms with Gasteiger partial charge in [-0.1, -0.05) is 49.4 Å². The number of methoxy groups -OCH3 is 1. The average molecular weight is 1010 g/mol. The predicted octanol–water partition coefficient (Wildman–Crippen LogP) is 4.92. The molecule has 302 valence electrons. The number of nitrogens with one attached hydrogen (secondary N) is 4. The lowest BCUT2D eigenvalue weighted by molar-refractivity contribution is -0.141. The summed E-state index contributed by atoms with van der Waals surface area (Å²) in [5, 5.41) is 10.0. The number of alkyl halides is 1. The molecule has 2 aromatic carbocycles. The number of benzene rings is 2. The highest BCUT2D eigenvalue weighted by molar-refractivity contribution is 14.1. The van der Waals surface area contributed by atoms with Gasteiger partial charge >= 0.3 is 0 Å². The van der Waals surface area contributed by atoms with Crippen molar-refractivity contribution in [2.75, 3.05) is 19.0 Å². The van der Waals surface area contributed by atoms with Crippen LogP contribution in [0.15, 0.2) is 48.7 Å². The second-order valence-electron chi connectivity index (χ2n) is 16.8. The number of anilines is 1. The third kappa shape index (κ3) is 9.29. The molecular formula is C39H48I2N6O8S. The molecular weight excluding hydrogens is 966 g/mol. The van der Waals surface area contributed by atoms with Crippen LogP contribution in [-0.4, -0.2) is 94.0 Å². The molecule has 1 aliphatic heterocycles. The molecule has 1 aromatic heterocycles. The number of pyridine rings is 1. The number of ether oxygens (including phenoxy) is 2. The minimum absolute atomic E-state index is 0.0151. The first-order valence-corrected chi connectivity index (χ1v) is 22.3. The Hall–Kier alpha value is -3.46. The maximum absolute atomic E-state index is 14.9. The number of halogens is 2. The molecule has 0 spiro atoms. The summed E-state index contributed by atoms with van der Waals surface area (Å²) in [6.07, 6.45) is 2.14. The molecule has 1 saturated heterocycles. The van der Waals surface area contributed by atoms with E-state index in [9.17, 15) is 27.6 Å². The van der Waals surface area contributed by atoms with Crippen molar-refractivity contribution >= 4 is 95.3 Å². The molecule has 5 atom stereocenters. The monoisotopic (exact) mass is 1010 g/mol. The van der Waals surface area contributed by atoms with Gasteiger partial charge in [0.1, 0.15) is 29.5 Å². The first-order valence-electron chi connectivity index (χ1n) is 18.4. The molecule has 3 aromatic rings. The molecule has 3 fully saturated rings. The minimum Gasteiger partial charge on any atom is -0.494 e. The normalized spacial score (nSPS) is 22.9. The van der Waals surface area contributed by atoms with Crippen LogP contribution in [0.5, 0.6) is 11.6 Å². The Balaban J connectivity index is 1.31. The van der Waals surface area contributed by atoms with Crippen LogP contribution in [0.3, 0.4) is 0 Å². The molecule has 4 amide bonds. The number of sulfonamides is 1. The molecule has 2 aliphatic carbocycles. The third-order valence-corrected chi connectivity index (χ3v) is 14.0. The van der Waals surface area contributed by atoms with E-state index in [0.29, 0.717) is 41.1 Å². The van der Waals surface area contributed by atoms with Crippen LogP contribution < -0.4 is 30.1 Å². The topological polar surface area (TPSA) is 185 Å². The Kier molecular flexibility index (Phi) is 11.8. The fourth-order valence-electron chi connectivity index (χ4n) is 6.73. The number of carbonyl (C=O) groups excluding carboxylic acids is 4. The van der Waals surface area contributed by atoms with Crippen molar-refractivity contribution in [3.05, 3.63) is 57.8 Å². The van der Waals surface area contributed by atoms with Gasteiger partial charge in [0.25, 0.3) is 11.8 Å². The summed E-state index contributed by atoms with van der Waals surface area (Å²) in [6, 6.07) is 10.7. The summed E-state index contributed by atoms with van der Waals surface area (Å²) >= 11 is 4.23. The number of carbonyl (C=O) groups is 4. The van der Waals surface area contributed by atoms with Crippen molar-refractivity contribution in [1.82, 2.24) is 25.2 Å². The van der Waals surface area contributed by atoms with Gasteiger partial charge in [-0.15, -0.1) is 0 Å². The van der Waals surface area contributed by atoms with Gasteiger partial charge in [0.15, 0.2) is 0 Å². The van der Waals surface area contributed by atoms with Gasteiger partial charge in [0.2, 0.25) is 27.7 Å². The molecule has 2 heterocycles. The fourth-order valence-corrected chi connectivity index (χ4v) is 9.72. The molecule has 0 radical (unpaired) electrons. The number of amides is 4. The predicted molar refractivity (Wildman–Crippen MR) is 229 cm³/mol. The van der Waals surface area contributed by atoms with Gasteiger partial charge < -0.3 is 30.3 Å². The highest BCUT2D eigenvalue weighted by Crippen LogP contribution is 2.45. The Morgan fingerprint density at radius 3 is 2.32 bits per heavy atom. The Morgan fingerprint density at radius 2 is 1.71 bits per heavy atom. The summed E-state index contributed by atoms with van der Waals surface area (Å²) in [4.78, 5) is 61.8. The van der Waals surface area contributed by atoms with Gasteiger partial charge in [0.05, 0.1) is 25.1 Å². The molecule has 4 N–H and O–H groups in total. The number of fused-ring (bicyclic) bond motifs is 1. The van der Waals surface area contributed by atoms with Crippen molar-refractivity contribution in [3.8, 4) is 11.6 Å². The molecule has 56 heavy (non-hydrogen) atoms. The van der Waals surface area contributed by atoms with Crippen LogP contribution in [-0.2, 0) is 24.4 Å². The SMILES string of the molecule is COc1cnc(O[C@@H]2C[C@@H](C(=O)N[C@]3(C(=O)NS(=O)(=O)C4CC4)C[C@H]3I)N(C(=O)[C@H](Nc3cccc(C(=O)NC(C)(C)C)c3)C(C)(C)C)C2)c2cc(I)ccc12. The maximum atomic E-state index is 14.9. The minimum atomic E-state index is -3.86. The number of likely N-dealkylation sites (tertiary alicyclic amines) is 1. The van der Waals surface area contributed by atoms with Crippen molar-refractivity contribution in [3.63, 3.8) is 0 Å². The molecule has 0 bridgehead atoms. The van der Waals surface area contributed by atoms with E-state index in [4.69, 9.17) is 9.47 Å². The Bertz CT molecular complexity index is 2170. The van der Waals surface area contributed by atoms with E-state index in [1.165, 1.54) is 4.90 Å². The summed E-state index contributed by atoms with van der Waals surface area (Å²) < 4.78 is 40.3. The van der Waals surface area contributed by atoms with Crippen LogP contribution in [0.4, 0.5) is 5.69 Å². The highest BCUT2D eigenvalue weighted by atomic mass is 127. The Labute approximate surface area is 354 Å². The van der Waals surface area contributed by atoms with Crippen LogP contribution in [0, 0.1) is 8.99 Å². The van der Waals surface area contributed by atoms with E-state index in [2.05, 4.69) is 48.2 Å². The lowest BCUT2D eigenvalue weighted by atomic mass is 9.85. The molecule has 17 heteroatoms. The number of rotatable bonds is 12. The summed E-state index contributed by atoms with van der Waals surface area (Å²) in [6.45, 7) is 11.4. The number of hydrogen-bond acceptors (Lipinski definition) is 10. The van der Waals surface area contributed by atoms with Crippen molar-refractivity contribution in [2.24, 2.45) is 5.41 Å². The average Bonchev–Trinajstić information content (AvgIpc) is 4.03. The first kappa shape index (κ1) is 42.2. The summed E-state index contributed by atoms with van der Waals surface area (Å²) in [5.41, 5.74) is -1.64. The summed E-state index contributed by atoms with van der Waals surface area (Å²) in [5.74, 6) is -1.17. The number of hydrogen-bond donors (Lipinski definition) is 4. The van der Waals surface area contributed by atoms with Gasteiger partial charge in [-0.2, -0.15) is 0 Å². The number of nitrogens with zero attached hydrogens (tertiary/aromatic N) is 2. The van der Waals surface area contributed by atoms with Crippen molar-refractivity contribution in [2.45, 2.75) is 106 Å². The molecule has 3 aliphatic rings. The third-order valence-electron chi connectivity index (χ3n) is 9.99. The van der Waals surface area contributed by atoms with Gasteiger partial charge in [-0.3, -0.25) is 23.9 Å². The van der Waals surface area contributed by atoms with E-state index < -0.39 is 67.7 Å². The van der Waals surface area contributed by atoms with Gasteiger partial charge in [-0.25, -0.2) is 13.4 Å². The lowest BCUT2D eigenvalue weighted by Crippen LogP contribution is -2.58. The molecule has 6 rings (SSSR count). The quantitative estimate of drug-likeness (QED) is 0.144. The van der Waals surface area contributed by atoms with E-state index in [1.54, 1.807) is 37.6 Å². The van der Waals surface area contributed by atoms with E-state index in [1.807, 2.05) is 82.3 Å². The number of aromatic nitrogens is 1. The van der Waals surface area contributed by atoms with Crippen LogP contribution in [0.2, 0.25) is 0 Å². The fraction of sp³-hybridized carbons (Fsp3) is 0.513. The van der Waals surface area contributed by atoms with Gasteiger partial charge in [-0.05, 0) is 104 Å². The van der Waals surface area contributed by atoms with Gasteiger partial charge in [0, 0.05) is 41.5 Å². The van der Waals surface area contributed by atoms with Crippen molar-refractivity contribution < 1.29 is 37.1 Å². The van der Waals surface area contributed by atoms with Crippen LogP contribution >= 0.6 is 45.2 Å². The largest absolute Gasteiger partial charge is 0.494 e.